The summed E-state index contributed by atoms with van der Waals surface area (Å²) in [6.45, 7) is 9.24. The van der Waals surface area contributed by atoms with E-state index < -0.39 is 0 Å². The lowest BCUT2D eigenvalue weighted by molar-refractivity contribution is 0.0208. The zero-order chi connectivity index (χ0) is 13.1. The maximum Gasteiger partial charge on any atom is 0.179 e. The molecule has 1 aliphatic rings. The minimum Gasteiger partial charge on any atom is -0.379 e. The number of morpholine rings is 1. The van der Waals surface area contributed by atoms with Crippen molar-refractivity contribution in [1.29, 1.82) is 0 Å². The molecule has 0 spiro atoms. The highest BCUT2D eigenvalue weighted by Gasteiger charge is 2.24. The summed E-state index contributed by atoms with van der Waals surface area (Å²) in [7, 11) is 0. The number of carbonyl (C=O) groups excluding carboxylic acids is 1. The van der Waals surface area contributed by atoms with Crippen LogP contribution in [0.25, 0.3) is 0 Å². The van der Waals surface area contributed by atoms with E-state index in [4.69, 9.17) is 4.74 Å². The third-order valence-electron chi connectivity index (χ3n) is 3.76. The molecule has 0 saturated carbocycles. The summed E-state index contributed by atoms with van der Waals surface area (Å²) in [5, 5.41) is 0. The summed E-state index contributed by atoms with van der Waals surface area (Å²) in [4.78, 5) is 14.6. The van der Waals surface area contributed by atoms with Gasteiger partial charge in [0.2, 0.25) is 0 Å². The number of rotatable bonds is 3. The van der Waals surface area contributed by atoms with Crippen molar-refractivity contribution in [2.24, 2.45) is 0 Å². The minimum absolute atomic E-state index is 0.0593. The maximum atomic E-state index is 12.4. The van der Waals surface area contributed by atoms with Crippen LogP contribution in [-0.2, 0) is 4.74 Å². The zero-order valence-corrected chi connectivity index (χ0v) is 11.4. The van der Waals surface area contributed by atoms with Crippen LogP contribution in [0.15, 0.2) is 18.2 Å². The smallest absolute Gasteiger partial charge is 0.179 e. The van der Waals surface area contributed by atoms with E-state index in [-0.39, 0.29) is 11.8 Å². The van der Waals surface area contributed by atoms with Gasteiger partial charge in [-0.15, -0.1) is 0 Å². The first-order chi connectivity index (χ1) is 8.59. The summed E-state index contributed by atoms with van der Waals surface area (Å²) in [5.74, 6) is 0.208. The second-order valence-corrected chi connectivity index (χ2v) is 4.99. The van der Waals surface area contributed by atoms with Gasteiger partial charge >= 0.3 is 0 Å². The van der Waals surface area contributed by atoms with E-state index in [9.17, 15) is 4.79 Å². The van der Waals surface area contributed by atoms with Crippen molar-refractivity contribution in [2.45, 2.75) is 26.8 Å². The molecule has 0 amide bonds. The molecule has 0 aliphatic carbocycles. The van der Waals surface area contributed by atoms with Crippen LogP contribution in [0.2, 0.25) is 0 Å². The summed E-state index contributed by atoms with van der Waals surface area (Å²) in [5.41, 5.74) is 3.22. The van der Waals surface area contributed by atoms with Crippen LogP contribution in [0.4, 0.5) is 0 Å². The number of Topliss-reactive ketones (excluding diaryl/α,β-unsaturated/α-hetero) is 1. The average Bonchev–Trinajstić information content (AvgIpc) is 2.41. The van der Waals surface area contributed by atoms with Crippen LogP contribution in [0.1, 0.15) is 28.4 Å². The van der Waals surface area contributed by atoms with E-state index in [0.717, 1.165) is 31.9 Å². The van der Waals surface area contributed by atoms with Crippen molar-refractivity contribution in [3.63, 3.8) is 0 Å². The standard InChI is InChI=1S/C15H21NO2/c1-11-4-5-14(10-12(11)2)15(17)13(3)16-6-8-18-9-7-16/h4-5,10,13H,6-9H2,1-3H3. The Morgan fingerprint density at radius 1 is 1.22 bits per heavy atom. The fourth-order valence-electron chi connectivity index (χ4n) is 2.27. The monoisotopic (exact) mass is 247 g/mol. The molecule has 0 aromatic heterocycles. The number of ether oxygens (including phenoxy) is 1. The third-order valence-corrected chi connectivity index (χ3v) is 3.76. The van der Waals surface area contributed by atoms with Gasteiger partial charge in [0.25, 0.3) is 0 Å². The normalized spacial score (nSPS) is 18.6. The van der Waals surface area contributed by atoms with E-state index in [2.05, 4.69) is 11.8 Å². The molecule has 1 fully saturated rings. The minimum atomic E-state index is -0.0593. The Bertz CT molecular complexity index is 436. The van der Waals surface area contributed by atoms with Gasteiger partial charge in [-0.25, -0.2) is 0 Å². The van der Waals surface area contributed by atoms with Crippen molar-refractivity contribution < 1.29 is 9.53 Å². The van der Waals surface area contributed by atoms with Crippen molar-refractivity contribution in [1.82, 2.24) is 4.90 Å². The molecule has 1 heterocycles. The van der Waals surface area contributed by atoms with Gasteiger partial charge in [0, 0.05) is 18.7 Å². The summed E-state index contributed by atoms with van der Waals surface area (Å²) in [6.07, 6.45) is 0. The predicted octanol–water partition coefficient (Wildman–Crippen LogP) is 2.21. The molecule has 2 rings (SSSR count). The molecular formula is C15H21NO2. The molecule has 1 saturated heterocycles. The molecule has 3 nitrogen and oxygen atoms in total. The highest BCUT2D eigenvalue weighted by Crippen LogP contribution is 2.14. The first-order valence-electron chi connectivity index (χ1n) is 6.53. The van der Waals surface area contributed by atoms with Gasteiger partial charge in [0.1, 0.15) is 0 Å². The van der Waals surface area contributed by atoms with E-state index in [1.807, 2.05) is 32.0 Å². The molecule has 3 heteroatoms. The second kappa shape index (κ2) is 5.63. The summed E-state index contributed by atoms with van der Waals surface area (Å²) >= 11 is 0. The largest absolute Gasteiger partial charge is 0.379 e. The molecule has 18 heavy (non-hydrogen) atoms. The number of benzene rings is 1. The van der Waals surface area contributed by atoms with Gasteiger partial charge in [0.05, 0.1) is 19.3 Å². The fourth-order valence-corrected chi connectivity index (χ4v) is 2.27. The molecule has 0 radical (unpaired) electrons. The van der Waals surface area contributed by atoms with Gasteiger partial charge in [-0.1, -0.05) is 12.1 Å². The Balaban J connectivity index is 2.11. The molecule has 1 aliphatic heterocycles. The second-order valence-electron chi connectivity index (χ2n) is 4.99. The third kappa shape index (κ3) is 2.79. The first-order valence-corrected chi connectivity index (χ1v) is 6.53. The SMILES string of the molecule is Cc1ccc(C(=O)C(C)N2CCOCC2)cc1C. The maximum absolute atomic E-state index is 12.4. The zero-order valence-electron chi connectivity index (χ0n) is 11.4. The Labute approximate surface area is 109 Å². The van der Waals surface area contributed by atoms with E-state index in [0.29, 0.717) is 0 Å². The van der Waals surface area contributed by atoms with Crippen LogP contribution in [-0.4, -0.2) is 43.0 Å². The van der Waals surface area contributed by atoms with Crippen molar-refractivity contribution in [3.8, 4) is 0 Å². The van der Waals surface area contributed by atoms with Gasteiger partial charge in [-0.05, 0) is 38.0 Å². The summed E-state index contributed by atoms with van der Waals surface area (Å²) < 4.78 is 5.32. The number of aryl methyl sites for hydroxylation is 2. The molecular weight excluding hydrogens is 226 g/mol. The molecule has 1 atom stereocenters. The average molecular weight is 247 g/mol. The molecule has 0 N–H and O–H groups in total. The molecule has 1 unspecified atom stereocenters. The van der Waals surface area contributed by atoms with Crippen LogP contribution in [0.5, 0.6) is 0 Å². The van der Waals surface area contributed by atoms with Gasteiger partial charge in [-0.2, -0.15) is 0 Å². The van der Waals surface area contributed by atoms with Gasteiger partial charge in [0.15, 0.2) is 5.78 Å². The Morgan fingerprint density at radius 3 is 2.50 bits per heavy atom. The van der Waals surface area contributed by atoms with Gasteiger partial charge < -0.3 is 4.74 Å². The Morgan fingerprint density at radius 2 is 1.89 bits per heavy atom. The lowest BCUT2D eigenvalue weighted by Crippen LogP contribution is -2.45. The number of hydrogen-bond donors (Lipinski definition) is 0. The van der Waals surface area contributed by atoms with Crippen LogP contribution in [0, 0.1) is 13.8 Å². The van der Waals surface area contributed by atoms with Gasteiger partial charge in [-0.3, -0.25) is 9.69 Å². The topological polar surface area (TPSA) is 29.5 Å². The van der Waals surface area contributed by atoms with Crippen molar-refractivity contribution >= 4 is 5.78 Å². The summed E-state index contributed by atoms with van der Waals surface area (Å²) in [6, 6.07) is 5.89. The quantitative estimate of drug-likeness (QED) is 0.767. The Kier molecular flexibility index (Phi) is 4.15. The first kappa shape index (κ1) is 13.2. The van der Waals surface area contributed by atoms with E-state index >= 15 is 0 Å². The predicted molar refractivity (Wildman–Crippen MR) is 72.1 cm³/mol. The highest BCUT2D eigenvalue weighted by atomic mass is 16.5. The highest BCUT2D eigenvalue weighted by molar-refractivity contribution is 6.00. The molecule has 1 aromatic rings. The Hall–Kier alpha value is -1.19. The van der Waals surface area contributed by atoms with E-state index in [1.165, 1.54) is 11.1 Å². The van der Waals surface area contributed by atoms with Crippen LogP contribution < -0.4 is 0 Å². The number of nitrogens with zero attached hydrogens (tertiary/aromatic N) is 1. The molecule has 98 valence electrons. The van der Waals surface area contributed by atoms with Crippen molar-refractivity contribution in [2.75, 3.05) is 26.3 Å². The lowest BCUT2D eigenvalue weighted by atomic mass is 9.99. The number of hydrogen-bond acceptors (Lipinski definition) is 3. The van der Waals surface area contributed by atoms with Crippen LogP contribution >= 0.6 is 0 Å². The van der Waals surface area contributed by atoms with Crippen molar-refractivity contribution in [3.05, 3.63) is 34.9 Å². The van der Waals surface area contributed by atoms with Crippen LogP contribution in [0.3, 0.4) is 0 Å². The number of carbonyl (C=O) groups is 1. The molecule has 0 bridgehead atoms. The number of ketones is 1. The molecule has 1 aromatic carbocycles. The fraction of sp³-hybridized carbons (Fsp3) is 0.533. The van der Waals surface area contributed by atoms with E-state index in [1.54, 1.807) is 0 Å². The lowest BCUT2D eigenvalue weighted by Gasteiger charge is -2.31.